The summed E-state index contributed by atoms with van der Waals surface area (Å²) in [6, 6.07) is 3.99. The lowest BCUT2D eigenvalue weighted by molar-refractivity contribution is -0.384. The second-order valence-electron chi connectivity index (χ2n) is 4.29. The lowest BCUT2D eigenvalue weighted by Crippen LogP contribution is -2.03. The molecule has 2 aromatic rings. The van der Waals surface area contributed by atoms with Gasteiger partial charge in [-0.25, -0.2) is 13.8 Å². The van der Waals surface area contributed by atoms with E-state index in [2.05, 4.69) is 11.6 Å². The number of hydrogen-bond donors (Lipinski definition) is 0. The molecule has 0 aliphatic rings. The van der Waals surface area contributed by atoms with Gasteiger partial charge < -0.3 is 4.74 Å². The molecule has 0 saturated carbocycles. The summed E-state index contributed by atoms with van der Waals surface area (Å²) in [5, 5.41) is 11.4. The number of nitrogens with zero attached hydrogens (tertiary/aromatic N) is 2. The van der Waals surface area contributed by atoms with Crippen LogP contribution in [-0.2, 0) is 4.74 Å². The van der Waals surface area contributed by atoms with Crippen molar-refractivity contribution in [1.29, 1.82) is 0 Å². The van der Waals surface area contributed by atoms with Gasteiger partial charge in [-0.15, -0.1) is 0 Å². The maximum atomic E-state index is 13.9. The van der Waals surface area contributed by atoms with Crippen LogP contribution in [-0.4, -0.2) is 16.5 Å². The van der Waals surface area contributed by atoms with E-state index in [-0.39, 0.29) is 29.2 Å². The Morgan fingerprint density at radius 2 is 2.09 bits per heavy atom. The number of benzene rings is 1. The Morgan fingerprint density at radius 1 is 1.36 bits per heavy atom. The second kappa shape index (κ2) is 6.30. The van der Waals surface area contributed by atoms with Crippen LogP contribution in [0.15, 0.2) is 37.0 Å². The molecule has 5 nitrogen and oxygen atoms in total. The molecule has 0 radical (unpaired) electrons. The van der Waals surface area contributed by atoms with E-state index < -0.39 is 22.2 Å². The Hall–Kier alpha value is -2.83. The number of rotatable bonds is 5. The molecule has 2 rings (SSSR count). The van der Waals surface area contributed by atoms with Crippen molar-refractivity contribution in [2.45, 2.75) is 6.92 Å². The average molecular weight is 306 g/mol. The highest BCUT2D eigenvalue weighted by atomic mass is 19.1. The van der Waals surface area contributed by atoms with Crippen molar-refractivity contribution in [2.75, 3.05) is 6.61 Å². The van der Waals surface area contributed by atoms with Gasteiger partial charge in [0.1, 0.15) is 17.4 Å². The molecule has 114 valence electrons. The topological polar surface area (TPSA) is 65.3 Å². The van der Waals surface area contributed by atoms with Gasteiger partial charge in [-0.3, -0.25) is 10.1 Å². The van der Waals surface area contributed by atoms with E-state index in [1.165, 1.54) is 12.3 Å². The van der Waals surface area contributed by atoms with Crippen molar-refractivity contribution < 1.29 is 18.4 Å². The molecule has 0 amide bonds. The number of halogens is 2. The minimum absolute atomic E-state index is 0.00661. The minimum Gasteiger partial charge on any atom is -0.492 e. The fourth-order valence-corrected chi connectivity index (χ4v) is 2.01. The zero-order valence-corrected chi connectivity index (χ0v) is 11.7. The van der Waals surface area contributed by atoms with E-state index in [1.807, 2.05) is 0 Å². The van der Waals surface area contributed by atoms with Gasteiger partial charge in [-0.1, -0.05) is 6.58 Å². The largest absolute Gasteiger partial charge is 0.492 e. The molecule has 7 heteroatoms. The number of hydrogen-bond acceptors (Lipinski definition) is 4. The molecule has 0 aliphatic carbocycles. The van der Waals surface area contributed by atoms with E-state index >= 15 is 0 Å². The second-order valence-corrected chi connectivity index (χ2v) is 4.29. The molecule has 0 bridgehead atoms. The quantitative estimate of drug-likeness (QED) is 0.477. The zero-order chi connectivity index (χ0) is 16.3. The van der Waals surface area contributed by atoms with Crippen LogP contribution in [0.2, 0.25) is 0 Å². The van der Waals surface area contributed by atoms with Crippen molar-refractivity contribution in [2.24, 2.45) is 0 Å². The molecule has 0 N–H and O–H groups in total. The van der Waals surface area contributed by atoms with Crippen molar-refractivity contribution in [3.63, 3.8) is 0 Å². The van der Waals surface area contributed by atoms with Crippen LogP contribution in [0.3, 0.4) is 0 Å². The first-order valence-electron chi connectivity index (χ1n) is 6.36. The van der Waals surface area contributed by atoms with E-state index in [0.29, 0.717) is 0 Å². The van der Waals surface area contributed by atoms with Crippen molar-refractivity contribution >= 4 is 11.4 Å². The predicted molar refractivity (Wildman–Crippen MR) is 76.9 cm³/mol. The smallest absolute Gasteiger partial charge is 0.306 e. The third kappa shape index (κ3) is 2.93. The normalized spacial score (nSPS) is 10.3. The highest BCUT2D eigenvalue weighted by Crippen LogP contribution is 2.36. The molecule has 22 heavy (non-hydrogen) atoms. The summed E-state index contributed by atoms with van der Waals surface area (Å²) in [6.07, 6.45) is 1.26. The van der Waals surface area contributed by atoms with Crippen molar-refractivity contribution in [3.8, 4) is 11.1 Å². The van der Waals surface area contributed by atoms with Gasteiger partial charge in [0, 0.05) is 11.8 Å². The number of ether oxygens (including phenoxy) is 1. The van der Waals surface area contributed by atoms with E-state index in [9.17, 15) is 18.9 Å². The molecular weight excluding hydrogens is 294 g/mol. The molecule has 0 spiro atoms. The summed E-state index contributed by atoms with van der Waals surface area (Å²) < 4.78 is 32.4. The zero-order valence-electron chi connectivity index (χ0n) is 11.7. The van der Waals surface area contributed by atoms with Gasteiger partial charge >= 0.3 is 5.69 Å². The summed E-state index contributed by atoms with van der Waals surface area (Å²) in [7, 11) is 0. The Labute approximate surface area is 125 Å². The number of aromatic nitrogens is 1. The Kier molecular flexibility index (Phi) is 4.45. The van der Waals surface area contributed by atoms with Gasteiger partial charge in [0.05, 0.1) is 17.1 Å². The minimum atomic E-state index is -0.774. The SMILES string of the molecule is C=C(OCC)c1nccc(-c2cc(F)ccc2F)c1[N+](=O)[O-]. The maximum absolute atomic E-state index is 13.9. The van der Waals surface area contributed by atoms with E-state index in [4.69, 9.17) is 4.74 Å². The summed E-state index contributed by atoms with van der Waals surface area (Å²) in [5.74, 6) is -1.48. The van der Waals surface area contributed by atoms with Crippen LogP contribution in [0, 0.1) is 21.7 Å². The van der Waals surface area contributed by atoms with Crippen LogP contribution in [0.1, 0.15) is 12.6 Å². The molecule has 0 fully saturated rings. The predicted octanol–water partition coefficient (Wildman–Crippen LogP) is 3.94. The van der Waals surface area contributed by atoms with Crippen LogP contribution < -0.4 is 0 Å². The lowest BCUT2D eigenvalue weighted by Gasteiger charge is -2.10. The summed E-state index contributed by atoms with van der Waals surface area (Å²) in [6.45, 7) is 5.51. The van der Waals surface area contributed by atoms with Gasteiger partial charge in [0.15, 0.2) is 5.69 Å². The highest BCUT2D eigenvalue weighted by molar-refractivity contribution is 5.80. The summed E-state index contributed by atoms with van der Waals surface area (Å²) >= 11 is 0. The lowest BCUT2D eigenvalue weighted by atomic mass is 10.0. The first-order valence-corrected chi connectivity index (χ1v) is 6.36. The summed E-state index contributed by atoms with van der Waals surface area (Å²) in [5.41, 5.74) is -0.911. The standard InChI is InChI=1S/C15H12F2N2O3/c1-3-22-9(2)14-15(19(20)21)11(6-7-18-14)12-8-10(16)4-5-13(12)17/h4-8H,2-3H2,1H3. The number of pyridine rings is 1. The van der Waals surface area contributed by atoms with E-state index in [0.717, 1.165) is 18.2 Å². The number of nitro groups is 1. The highest BCUT2D eigenvalue weighted by Gasteiger charge is 2.26. The third-order valence-corrected chi connectivity index (χ3v) is 2.91. The maximum Gasteiger partial charge on any atom is 0.306 e. The van der Waals surface area contributed by atoms with Gasteiger partial charge in [0.2, 0.25) is 0 Å². The first kappa shape index (κ1) is 15.6. The Balaban J connectivity index is 2.71. The Bertz CT molecular complexity index is 748. The molecule has 0 atom stereocenters. The molecule has 1 aromatic heterocycles. The third-order valence-electron chi connectivity index (χ3n) is 2.91. The molecule has 1 heterocycles. The summed E-state index contributed by atoms with van der Waals surface area (Å²) in [4.78, 5) is 14.5. The average Bonchev–Trinajstić information content (AvgIpc) is 2.49. The van der Waals surface area contributed by atoms with Crippen LogP contribution in [0.25, 0.3) is 16.9 Å². The van der Waals surface area contributed by atoms with Crippen molar-refractivity contribution in [3.05, 3.63) is 64.5 Å². The van der Waals surface area contributed by atoms with Gasteiger partial charge in [-0.2, -0.15) is 0 Å². The molecule has 1 aromatic carbocycles. The molecule has 0 unspecified atom stereocenters. The van der Waals surface area contributed by atoms with Gasteiger partial charge in [0.25, 0.3) is 0 Å². The molecule has 0 aliphatic heterocycles. The van der Waals surface area contributed by atoms with Crippen LogP contribution in [0.4, 0.5) is 14.5 Å². The molecule has 0 saturated heterocycles. The van der Waals surface area contributed by atoms with E-state index in [1.54, 1.807) is 6.92 Å². The first-order chi connectivity index (χ1) is 10.5. The van der Waals surface area contributed by atoms with Crippen LogP contribution >= 0.6 is 0 Å². The molecular formula is C15H12F2N2O3. The van der Waals surface area contributed by atoms with Gasteiger partial charge in [-0.05, 0) is 31.2 Å². The monoisotopic (exact) mass is 306 g/mol. The fourth-order valence-electron chi connectivity index (χ4n) is 2.01. The fraction of sp³-hybridized carbons (Fsp3) is 0.133. The van der Waals surface area contributed by atoms with Crippen molar-refractivity contribution in [1.82, 2.24) is 4.98 Å². The van der Waals surface area contributed by atoms with Crippen LogP contribution in [0.5, 0.6) is 0 Å². The Morgan fingerprint density at radius 3 is 2.73 bits per heavy atom.